The van der Waals surface area contributed by atoms with E-state index in [1.807, 2.05) is 0 Å². The standard InChI is InChI=1S/C15H11ClN4O4/c16-9-1-3-11-12(5-9)20(19-18-11)24-7-15(21)17-10-2-4-13-14(6-10)23-8-22-13/h1-6H,7-8H2,(H,17,21). The van der Waals surface area contributed by atoms with Crippen molar-refractivity contribution in [3.8, 4) is 11.5 Å². The highest BCUT2D eigenvalue weighted by atomic mass is 35.5. The highest BCUT2D eigenvalue weighted by Gasteiger charge is 2.14. The van der Waals surface area contributed by atoms with E-state index in [4.69, 9.17) is 25.9 Å². The lowest BCUT2D eigenvalue weighted by molar-refractivity contribution is -0.121. The van der Waals surface area contributed by atoms with Crippen molar-refractivity contribution in [2.24, 2.45) is 0 Å². The second-order valence-corrected chi connectivity index (χ2v) is 5.42. The number of nitrogens with one attached hydrogen (secondary N) is 1. The highest BCUT2D eigenvalue weighted by Crippen LogP contribution is 2.34. The molecular formula is C15H11ClN4O4. The summed E-state index contributed by atoms with van der Waals surface area (Å²) in [6.45, 7) is -0.0583. The number of hydrogen-bond donors (Lipinski definition) is 1. The Morgan fingerprint density at radius 1 is 1.25 bits per heavy atom. The van der Waals surface area contributed by atoms with Crippen LogP contribution in [0.2, 0.25) is 5.02 Å². The van der Waals surface area contributed by atoms with Gasteiger partial charge in [0.05, 0.1) is 0 Å². The van der Waals surface area contributed by atoms with Crippen LogP contribution >= 0.6 is 11.6 Å². The third kappa shape index (κ3) is 2.79. The van der Waals surface area contributed by atoms with E-state index in [0.29, 0.717) is 33.2 Å². The molecule has 1 aliphatic rings. The van der Waals surface area contributed by atoms with Crippen LogP contribution < -0.4 is 19.6 Å². The van der Waals surface area contributed by atoms with Gasteiger partial charge >= 0.3 is 0 Å². The molecule has 0 unspecified atom stereocenters. The second-order valence-electron chi connectivity index (χ2n) is 4.99. The Bertz CT molecular complexity index is 927. The van der Waals surface area contributed by atoms with Gasteiger partial charge in [-0.15, -0.1) is 5.10 Å². The Morgan fingerprint density at radius 2 is 2.12 bits per heavy atom. The first-order valence-electron chi connectivity index (χ1n) is 7.03. The van der Waals surface area contributed by atoms with Gasteiger partial charge in [0.25, 0.3) is 5.91 Å². The normalized spacial score (nSPS) is 12.4. The SMILES string of the molecule is O=C(COn1nnc2ccc(Cl)cc21)Nc1ccc2c(c1)OCO2. The zero-order valence-electron chi connectivity index (χ0n) is 12.2. The van der Waals surface area contributed by atoms with Crippen molar-refractivity contribution in [3.63, 3.8) is 0 Å². The van der Waals surface area contributed by atoms with E-state index in [9.17, 15) is 4.79 Å². The van der Waals surface area contributed by atoms with E-state index in [-0.39, 0.29) is 19.3 Å². The molecule has 0 bridgehead atoms. The fraction of sp³-hybridized carbons (Fsp3) is 0.133. The van der Waals surface area contributed by atoms with Crippen molar-refractivity contribution in [2.45, 2.75) is 0 Å². The minimum Gasteiger partial charge on any atom is -0.454 e. The molecule has 0 atom stereocenters. The fourth-order valence-corrected chi connectivity index (χ4v) is 2.42. The van der Waals surface area contributed by atoms with Gasteiger partial charge in [0, 0.05) is 16.8 Å². The zero-order valence-corrected chi connectivity index (χ0v) is 13.0. The molecule has 9 heteroatoms. The third-order valence-corrected chi connectivity index (χ3v) is 3.59. The summed E-state index contributed by atoms with van der Waals surface area (Å²) in [4.78, 5) is 18.5. The predicted octanol–water partition coefficient (Wildman–Crippen LogP) is 1.88. The Hall–Kier alpha value is -3.00. The number of nitrogens with zero attached hydrogens (tertiary/aromatic N) is 3. The first kappa shape index (κ1) is 14.6. The summed E-state index contributed by atoms with van der Waals surface area (Å²) in [6, 6.07) is 10.2. The summed E-state index contributed by atoms with van der Waals surface area (Å²) in [5, 5.41) is 11.0. The number of hydrogen-bond acceptors (Lipinski definition) is 6. The minimum absolute atomic E-state index is 0.178. The number of carbonyl (C=O) groups is 1. The summed E-state index contributed by atoms with van der Waals surface area (Å²) >= 11 is 5.94. The molecule has 24 heavy (non-hydrogen) atoms. The molecule has 1 N–H and O–H groups in total. The molecule has 0 saturated carbocycles. The number of carbonyl (C=O) groups excluding carboxylic acids is 1. The number of amides is 1. The third-order valence-electron chi connectivity index (χ3n) is 3.35. The lowest BCUT2D eigenvalue weighted by Crippen LogP contribution is -2.26. The van der Waals surface area contributed by atoms with Crippen molar-refractivity contribution in [1.82, 2.24) is 15.2 Å². The highest BCUT2D eigenvalue weighted by molar-refractivity contribution is 6.31. The van der Waals surface area contributed by atoms with Gasteiger partial charge in [-0.1, -0.05) is 16.4 Å². The summed E-state index contributed by atoms with van der Waals surface area (Å²) in [5.41, 5.74) is 1.79. The number of ether oxygens (including phenoxy) is 2. The van der Waals surface area contributed by atoms with Gasteiger partial charge in [-0.3, -0.25) is 4.79 Å². The minimum atomic E-state index is -0.348. The maximum absolute atomic E-state index is 12.0. The predicted molar refractivity (Wildman–Crippen MR) is 85.2 cm³/mol. The maximum Gasteiger partial charge on any atom is 0.265 e. The van der Waals surface area contributed by atoms with Crippen LogP contribution in [0.15, 0.2) is 36.4 Å². The van der Waals surface area contributed by atoms with Crippen LogP contribution in [0.4, 0.5) is 5.69 Å². The summed E-state index contributed by atoms with van der Waals surface area (Å²) < 4.78 is 10.5. The van der Waals surface area contributed by atoms with E-state index >= 15 is 0 Å². The molecular weight excluding hydrogens is 336 g/mol. The molecule has 3 aromatic rings. The van der Waals surface area contributed by atoms with Crippen LogP contribution in [-0.2, 0) is 4.79 Å². The van der Waals surface area contributed by atoms with Gasteiger partial charge < -0.3 is 19.6 Å². The van der Waals surface area contributed by atoms with Gasteiger partial charge in [-0.05, 0) is 35.5 Å². The van der Waals surface area contributed by atoms with Crippen molar-refractivity contribution in [2.75, 3.05) is 18.7 Å². The molecule has 0 spiro atoms. The second kappa shape index (κ2) is 5.89. The number of anilines is 1. The van der Waals surface area contributed by atoms with Crippen LogP contribution in [0.3, 0.4) is 0 Å². The smallest absolute Gasteiger partial charge is 0.265 e. The molecule has 2 aromatic carbocycles. The zero-order chi connectivity index (χ0) is 16.5. The van der Waals surface area contributed by atoms with Crippen LogP contribution in [0, 0.1) is 0 Å². The quantitative estimate of drug-likeness (QED) is 0.776. The average Bonchev–Trinajstić information content (AvgIpc) is 3.18. The topological polar surface area (TPSA) is 87.5 Å². The monoisotopic (exact) mass is 346 g/mol. The van der Waals surface area contributed by atoms with Gasteiger partial charge in [0.2, 0.25) is 6.79 Å². The van der Waals surface area contributed by atoms with Crippen LogP contribution in [-0.4, -0.2) is 34.5 Å². The van der Waals surface area contributed by atoms with Gasteiger partial charge in [-0.25, -0.2) is 0 Å². The van der Waals surface area contributed by atoms with Crippen LogP contribution in [0.25, 0.3) is 11.0 Å². The van der Waals surface area contributed by atoms with Crippen molar-refractivity contribution >= 4 is 34.2 Å². The summed E-state index contributed by atoms with van der Waals surface area (Å²) in [6.07, 6.45) is 0. The van der Waals surface area contributed by atoms with Crippen LogP contribution in [0.1, 0.15) is 0 Å². The largest absolute Gasteiger partial charge is 0.454 e. The van der Waals surface area contributed by atoms with E-state index in [1.165, 1.54) is 4.85 Å². The van der Waals surface area contributed by atoms with Crippen molar-refractivity contribution in [3.05, 3.63) is 41.4 Å². The molecule has 0 saturated heterocycles. The summed E-state index contributed by atoms with van der Waals surface area (Å²) in [5.74, 6) is 0.889. The van der Waals surface area contributed by atoms with Gasteiger partial charge in [0.1, 0.15) is 11.0 Å². The van der Waals surface area contributed by atoms with E-state index in [2.05, 4.69) is 15.6 Å². The van der Waals surface area contributed by atoms with E-state index < -0.39 is 0 Å². The van der Waals surface area contributed by atoms with Crippen molar-refractivity contribution < 1.29 is 19.1 Å². The number of fused-ring (bicyclic) bond motifs is 2. The molecule has 4 rings (SSSR count). The maximum atomic E-state index is 12.0. The Balaban J connectivity index is 1.42. The molecule has 122 valence electrons. The lowest BCUT2D eigenvalue weighted by atomic mass is 10.3. The fourth-order valence-electron chi connectivity index (χ4n) is 2.26. The number of benzene rings is 2. The Labute approximate surface area is 140 Å². The lowest BCUT2D eigenvalue weighted by Gasteiger charge is -2.07. The first-order valence-corrected chi connectivity index (χ1v) is 7.40. The molecule has 1 aliphatic heterocycles. The molecule has 1 aromatic heterocycles. The van der Waals surface area contributed by atoms with E-state index in [1.54, 1.807) is 36.4 Å². The molecule has 0 radical (unpaired) electrons. The molecule has 2 heterocycles. The first-order chi connectivity index (χ1) is 11.7. The number of aromatic nitrogens is 3. The number of halogens is 1. The molecule has 0 fully saturated rings. The van der Waals surface area contributed by atoms with Gasteiger partial charge in [-0.2, -0.15) is 0 Å². The van der Waals surface area contributed by atoms with Gasteiger partial charge in [0.15, 0.2) is 18.1 Å². The van der Waals surface area contributed by atoms with E-state index in [0.717, 1.165) is 0 Å². The van der Waals surface area contributed by atoms with Crippen LogP contribution in [0.5, 0.6) is 11.5 Å². The number of rotatable bonds is 4. The molecule has 1 amide bonds. The average molecular weight is 347 g/mol. The molecule has 0 aliphatic carbocycles. The Morgan fingerprint density at radius 3 is 3.04 bits per heavy atom. The Kier molecular flexibility index (Phi) is 3.58. The molecule has 8 nitrogen and oxygen atoms in total. The van der Waals surface area contributed by atoms with Crippen molar-refractivity contribution in [1.29, 1.82) is 0 Å². The summed E-state index contributed by atoms with van der Waals surface area (Å²) in [7, 11) is 0.